The summed E-state index contributed by atoms with van der Waals surface area (Å²) in [5, 5.41) is 3.92. The lowest BCUT2D eigenvalue weighted by atomic mass is 9.80. The predicted molar refractivity (Wildman–Crippen MR) is 67.5 cm³/mol. The number of amides is 1. The van der Waals surface area contributed by atoms with Crippen molar-refractivity contribution < 1.29 is 9.53 Å². The monoisotopic (exact) mass is 273 g/mol. The van der Waals surface area contributed by atoms with Crippen molar-refractivity contribution in [3.05, 3.63) is 33.8 Å². The molecule has 1 fully saturated rings. The summed E-state index contributed by atoms with van der Waals surface area (Å²) in [5.41, 5.74) is 0.686. The van der Waals surface area contributed by atoms with Crippen LogP contribution in [0.2, 0.25) is 10.0 Å². The third-order valence-electron chi connectivity index (χ3n) is 2.84. The van der Waals surface area contributed by atoms with Crippen molar-refractivity contribution in [1.29, 1.82) is 0 Å². The standard InChI is InChI=1S/C12H13Cl2NO2/c1-12(2)6-17-11(16)15-10(12)7-3-8(13)5-9(14)4-7/h3-5,10H,6H2,1-2H3,(H,15,16)/t10-/m1/s1. The van der Waals surface area contributed by atoms with Crippen molar-refractivity contribution >= 4 is 29.3 Å². The molecule has 1 atom stereocenters. The minimum Gasteiger partial charge on any atom is -0.449 e. The number of carbonyl (C=O) groups excluding carboxylic acids is 1. The average molecular weight is 274 g/mol. The molecule has 17 heavy (non-hydrogen) atoms. The molecule has 2 rings (SSSR count). The van der Waals surface area contributed by atoms with Gasteiger partial charge in [0.25, 0.3) is 0 Å². The fourth-order valence-electron chi connectivity index (χ4n) is 1.97. The Bertz CT molecular complexity index is 440. The van der Waals surface area contributed by atoms with Crippen LogP contribution >= 0.6 is 23.2 Å². The van der Waals surface area contributed by atoms with Crippen LogP contribution in [0.1, 0.15) is 25.5 Å². The number of benzene rings is 1. The van der Waals surface area contributed by atoms with E-state index in [0.717, 1.165) is 5.56 Å². The summed E-state index contributed by atoms with van der Waals surface area (Å²) in [5.74, 6) is 0. The predicted octanol–water partition coefficient (Wildman–Crippen LogP) is 3.80. The van der Waals surface area contributed by atoms with Crippen molar-refractivity contribution in [1.82, 2.24) is 5.32 Å². The SMILES string of the molecule is CC1(C)COC(=O)N[C@@H]1c1cc(Cl)cc(Cl)c1. The first-order valence-electron chi connectivity index (χ1n) is 5.28. The molecule has 1 aromatic carbocycles. The van der Waals surface area contributed by atoms with E-state index in [2.05, 4.69) is 5.32 Å². The smallest absolute Gasteiger partial charge is 0.407 e. The van der Waals surface area contributed by atoms with Gasteiger partial charge < -0.3 is 10.1 Å². The van der Waals surface area contributed by atoms with Gasteiger partial charge in [-0.1, -0.05) is 37.0 Å². The lowest BCUT2D eigenvalue weighted by molar-refractivity contribution is 0.0387. The Kier molecular flexibility index (Phi) is 3.23. The molecular formula is C12H13Cl2NO2. The minimum absolute atomic E-state index is 0.153. The van der Waals surface area contributed by atoms with E-state index in [1.807, 2.05) is 26.0 Å². The summed E-state index contributed by atoms with van der Waals surface area (Å²) in [4.78, 5) is 11.3. The van der Waals surface area contributed by atoms with Crippen molar-refractivity contribution in [2.75, 3.05) is 6.61 Å². The molecule has 1 aliphatic rings. The van der Waals surface area contributed by atoms with Gasteiger partial charge in [0.05, 0.1) is 6.04 Å². The molecule has 1 aliphatic heterocycles. The topological polar surface area (TPSA) is 38.3 Å². The number of carbonyl (C=O) groups is 1. The van der Waals surface area contributed by atoms with Gasteiger partial charge >= 0.3 is 6.09 Å². The van der Waals surface area contributed by atoms with E-state index in [0.29, 0.717) is 16.7 Å². The number of hydrogen-bond acceptors (Lipinski definition) is 2. The lowest BCUT2D eigenvalue weighted by Gasteiger charge is -2.38. The molecule has 0 aromatic heterocycles. The second-order valence-electron chi connectivity index (χ2n) is 4.84. The summed E-state index contributed by atoms with van der Waals surface area (Å²) >= 11 is 11.9. The maximum atomic E-state index is 11.3. The summed E-state index contributed by atoms with van der Waals surface area (Å²) < 4.78 is 4.99. The molecule has 1 amide bonds. The second kappa shape index (κ2) is 4.39. The van der Waals surface area contributed by atoms with Crippen molar-refractivity contribution in [2.24, 2.45) is 5.41 Å². The molecule has 92 valence electrons. The zero-order valence-corrected chi connectivity index (χ0v) is 11.1. The Hall–Kier alpha value is -0.930. The highest BCUT2D eigenvalue weighted by atomic mass is 35.5. The van der Waals surface area contributed by atoms with Crippen LogP contribution in [0.3, 0.4) is 0 Å². The van der Waals surface area contributed by atoms with Gasteiger partial charge in [0.1, 0.15) is 6.61 Å². The fourth-order valence-corrected chi connectivity index (χ4v) is 2.51. The third kappa shape index (κ3) is 2.67. The molecule has 0 bridgehead atoms. The molecule has 0 spiro atoms. The number of alkyl carbamates (subject to hydrolysis) is 1. The van der Waals surface area contributed by atoms with E-state index < -0.39 is 6.09 Å². The lowest BCUT2D eigenvalue weighted by Crippen LogP contribution is -2.46. The van der Waals surface area contributed by atoms with Crippen LogP contribution in [-0.2, 0) is 4.74 Å². The number of ether oxygens (including phenoxy) is 1. The Morgan fingerprint density at radius 2 is 1.88 bits per heavy atom. The molecule has 3 nitrogen and oxygen atoms in total. The van der Waals surface area contributed by atoms with Gasteiger partial charge in [-0.05, 0) is 23.8 Å². The maximum absolute atomic E-state index is 11.3. The van der Waals surface area contributed by atoms with Crippen LogP contribution in [-0.4, -0.2) is 12.7 Å². The summed E-state index contributed by atoms with van der Waals surface area (Å²) in [7, 11) is 0. The van der Waals surface area contributed by atoms with E-state index in [9.17, 15) is 4.79 Å². The normalized spacial score (nSPS) is 22.8. The van der Waals surface area contributed by atoms with E-state index in [4.69, 9.17) is 27.9 Å². The highest BCUT2D eigenvalue weighted by Crippen LogP contribution is 2.38. The van der Waals surface area contributed by atoms with E-state index in [-0.39, 0.29) is 11.5 Å². The zero-order chi connectivity index (χ0) is 12.6. The Morgan fingerprint density at radius 3 is 2.47 bits per heavy atom. The first-order valence-corrected chi connectivity index (χ1v) is 6.03. The molecule has 1 saturated heterocycles. The Morgan fingerprint density at radius 1 is 1.29 bits per heavy atom. The van der Waals surface area contributed by atoms with Gasteiger partial charge in [0, 0.05) is 15.5 Å². The van der Waals surface area contributed by atoms with E-state index in [1.165, 1.54) is 0 Å². The fraction of sp³-hybridized carbons (Fsp3) is 0.417. The molecule has 0 unspecified atom stereocenters. The molecule has 5 heteroatoms. The largest absolute Gasteiger partial charge is 0.449 e. The minimum atomic E-state index is -0.412. The molecular weight excluding hydrogens is 261 g/mol. The molecule has 0 radical (unpaired) electrons. The highest BCUT2D eigenvalue weighted by Gasteiger charge is 2.38. The van der Waals surface area contributed by atoms with Crippen LogP contribution in [0.4, 0.5) is 4.79 Å². The summed E-state index contributed by atoms with van der Waals surface area (Å²) in [6.45, 7) is 4.41. The zero-order valence-electron chi connectivity index (χ0n) is 9.59. The van der Waals surface area contributed by atoms with Gasteiger partial charge in [-0.2, -0.15) is 0 Å². The number of rotatable bonds is 1. The van der Waals surface area contributed by atoms with Crippen molar-refractivity contribution in [3.63, 3.8) is 0 Å². The summed E-state index contributed by atoms with van der Waals surface area (Å²) in [6, 6.07) is 5.14. The van der Waals surface area contributed by atoms with Gasteiger partial charge in [-0.3, -0.25) is 0 Å². The van der Waals surface area contributed by atoms with Crippen molar-refractivity contribution in [2.45, 2.75) is 19.9 Å². The molecule has 1 aromatic rings. The number of nitrogens with one attached hydrogen (secondary N) is 1. The first-order chi connectivity index (χ1) is 7.88. The first kappa shape index (κ1) is 12.5. The van der Waals surface area contributed by atoms with E-state index >= 15 is 0 Å². The molecule has 1 heterocycles. The van der Waals surface area contributed by atoms with Gasteiger partial charge in [-0.15, -0.1) is 0 Å². The highest BCUT2D eigenvalue weighted by molar-refractivity contribution is 6.34. The van der Waals surface area contributed by atoms with Crippen LogP contribution < -0.4 is 5.32 Å². The van der Waals surface area contributed by atoms with Crippen molar-refractivity contribution in [3.8, 4) is 0 Å². The third-order valence-corrected chi connectivity index (χ3v) is 3.27. The average Bonchev–Trinajstić information content (AvgIpc) is 2.20. The number of hydrogen-bond donors (Lipinski definition) is 1. The van der Waals surface area contributed by atoms with Crippen LogP contribution in [0, 0.1) is 5.41 Å². The van der Waals surface area contributed by atoms with E-state index in [1.54, 1.807) is 6.07 Å². The van der Waals surface area contributed by atoms with Gasteiger partial charge in [0.15, 0.2) is 0 Å². The summed E-state index contributed by atoms with van der Waals surface area (Å²) in [6.07, 6.45) is -0.412. The van der Waals surface area contributed by atoms with Gasteiger partial charge in [0.2, 0.25) is 0 Å². The van der Waals surface area contributed by atoms with Crippen LogP contribution in [0.5, 0.6) is 0 Å². The number of halogens is 2. The van der Waals surface area contributed by atoms with Crippen LogP contribution in [0.15, 0.2) is 18.2 Å². The van der Waals surface area contributed by atoms with Crippen LogP contribution in [0.25, 0.3) is 0 Å². The van der Waals surface area contributed by atoms with Gasteiger partial charge in [-0.25, -0.2) is 4.79 Å². The quantitative estimate of drug-likeness (QED) is 0.845. The second-order valence-corrected chi connectivity index (χ2v) is 5.72. The Labute approximate surface area is 110 Å². The Balaban J connectivity index is 2.39. The number of cyclic esters (lactones) is 1. The maximum Gasteiger partial charge on any atom is 0.407 e. The molecule has 1 N–H and O–H groups in total. The molecule has 0 saturated carbocycles. The molecule has 0 aliphatic carbocycles.